The van der Waals surface area contributed by atoms with Crippen LogP contribution < -0.4 is 6.15 Å². The smallest absolute Gasteiger partial charge is 0.344 e. The molecule has 0 aromatic carbocycles. The minimum atomic E-state index is -4.67. The summed E-state index contributed by atoms with van der Waals surface area (Å²) in [5, 5.41) is 0. The molecule has 9 heteroatoms. The minimum absolute atomic E-state index is 0. The second kappa shape index (κ2) is 7.65. The van der Waals surface area contributed by atoms with Gasteiger partial charge in [0.25, 0.3) is 0 Å². The zero-order chi connectivity index (χ0) is 7.21. The Kier molecular flexibility index (Phi) is 13.5. The van der Waals surface area contributed by atoms with Crippen LogP contribution in [0, 0.1) is 0 Å². The van der Waals surface area contributed by atoms with Crippen LogP contribution in [0.1, 0.15) is 0 Å². The predicted octanol–water partition coefficient (Wildman–Crippen LogP) is -1.16. The second-order valence-electron chi connectivity index (χ2n) is 0.516. The molecular weight excluding hydrogens is 174 g/mol. The largest absolute Gasteiger partial charge is 0.394 e. The second-order valence-corrected chi connectivity index (χ2v) is 1.55. The molecule has 0 heterocycles. The Morgan fingerprint density at radius 1 is 1.11 bits per heavy atom. The Balaban J connectivity index is -0.0000000800. The van der Waals surface area contributed by atoms with Crippen LogP contribution in [0.25, 0.3) is 0 Å². The molecule has 0 spiro atoms. The highest BCUT2D eigenvalue weighted by Crippen LogP contribution is 1.59. The summed E-state index contributed by atoms with van der Waals surface area (Å²) in [6.07, 6.45) is 0. The van der Waals surface area contributed by atoms with Gasteiger partial charge in [0.1, 0.15) is 0 Å². The Bertz CT molecular complexity index is 151. The fourth-order valence-corrected chi connectivity index (χ4v) is 0. The van der Waals surface area contributed by atoms with Crippen molar-refractivity contribution in [1.29, 1.82) is 0 Å². The van der Waals surface area contributed by atoms with Crippen LogP contribution >= 0.6 is 0 Å². The summed E-state index contributed by atoms with van der Waals surface area (Å²) >= 11 is -0.750. The number of hydrogen-bond donors (Lipinski definition) is 3. The average Bonchev–Trinajstić information content (AvgIpc) is 1.27. The normalized spacial score (nSPS) is 7.78. The molecule has 0 saturated heterocycles. The first-order valence-electron chi connectivity index (χ1n) is 1.03. The summed E-state index contributed by atoms with van der Waals surface area (Å²) in [6.45, 7) is 0. The first kappa shape index (κ1) is 15.9. The Labute approximate surface area is 54.8 Å². The lowest BCUT2D eigenvalue weighted by atomic mass is 14.0. The zero-order valence-electron chi connectivity index (χ0n) is 4.05. The lowest BCUT2D eigenvalue weighted by molar-refractivity contribution is 0.381. The molecular formula is H5NO6S2. The van der Waals surface area contributed by atoms with Crippen molar-refractivity contribution in [3.63, 3.8) is 0 Å². The topological polar surface area (TPSA) is 144 Å². The van der Waals surface area contributed by atoms with E-state index in [1.165, 1.54) is 0 Å². The van der Waals surface area contributed by atoms with Gasteiger partial charge in [-0.25, -0.2) is 0 Å². The van der Waals surface area contributed by atoms with E-state index in [1.54, 1.807) is 0 Å². The molecule has 0 aliphatic carbocycles. The molecule has 0 saturated carbocycles. The highest BCUT2D eigenvalue weighted by molar-refractivity contribution is 7.79. The maximum atomic E-state index is 8.74. The fraction of sp³-hybridized carbons (Fsp3) is 0. The highest BCUT2D eigenvalue weighted by atomic mass is 32.3. The van der Waals surface area contributed by atoms with Crippen LogP contribution in [-0.4, -0.2) is 25.9 Å². The Hall–Kier alpha value is -0.350. The highest BCUT2D eigenvalue weighted by Gasteiger charge is 1.84. The van der Waals surface area contributed by atoms with Crippen molar-refractivity contribution < 1.29 is 25.9 Å². The summed E-state index contributed by atoms with van der Waals surface area (Å²) in [5.41, 5.74) is 0. The molecule has 7 nitrogen and oxygen atoms in total. The van der Waals surface area contributed by atoms with Crippen molar-refractivity contribution >= 4 is 22.0 Å². The quantitative estimate of drug-likeness (QED) is 0.397. The molecule has 0 radical (unpaired) electrons. The maximum absolute atomic E-state index is 8.74. The minimum Gasteiger partial charge on any atom is -0.344 e. The molecule has 0 unspecified atom stereocenters. The van der Waals surface area contributed by atoms with Gasteiger partial charge >= 0.3 is 22.0 Å². The maximum Gasteiger partial charge on any atom is 0.394 e. The van der Waals surface area contributed by atoms with Crippen LogP contribution in [0.2, 0.25) is 0 Å². The van der Waals surface area contributed by atoms with Gasteiger partial charge < -0.3 is 6.15 Å². The molecule has 58 valence electrons. The first-order chi connectivity index (χ1) is 3.41. The first-order valence-corrected chi connectivity index (χ1v) is 3.10. The zero-order valence-corrected chi connectivity index (χ0v) is 5.68. The van der Waals surface area contributed by atoms with Crippen molar-refractivity contribution in [2.45, 2.75) is 0 Å². The van der Waals surface area contributed by atoms with Gasteiger partial charge in [-0.1, -0.05) is 0 Å². The van der Waals surface area contributed by atoms with E-state index in [4.69, 9.17) is 25.9 Å². The third-order valence-electron chi connectivity index (χ3n) is 0. The molecule has 0 fully saturated rings. The van der Waals surface area contributed by atoms with Gasteiger partial charge in [-0.05, 0) is 0 Å². The van der Waals surface area contributed by atoms with Gasteiger partial charge in [0, 0.05) is 0 Å². The standard InChI is InChI=1S/H3N.H2O4S.O2S/c;1-5(2,3)4;1-3-2/h1H3;(H2,1,2,3,4);. The predicted molar refractivity (Wildman–Crippen MR) is 28.1 cm³/mol. The molecule has 0 aromatic heterocycles. The third kappa shape index (κ3) is 1990. The van der Waals surface area contributed by atoms with Gasteiger partial charge in [-0.3, -0.25) is 9.11 Å². The van der Waals surface area contributed by atoms with Crippen LogP contribution in [-0.2, 0) is 22.0 Å². The lowest BCUT2D eigenvalue weighted by Gasteiger charge is -1.68. The van der Waals surface area contributed by atoms with Gasteiger partial charge in [-0.15, -0.1) is 0 Å². The summed E-state index contributed by atoms with van der Waals surface area (Å²) in [7, 11) is -4.67. The molecule has 0 rings (SSSR count). The fourth-order valence-electron chi connectivity index (χ4n) is 0. The SMILES string of the molecule is N.O=S(=O)(O)O.O=S=O. The van der Waals surface area contributed by atoms with Crippen molar-refractivity contribution in [1.82, 2.24) is 6.15 Å². The van der Waals surface area contributed by atoms with E-state index in [9.17, 15) is 0 Å². The van der Waals surface area contributed by atoms with Crippen molar-refractivity contribution in [3.05, 3.63) is 0 Å². The molecule has 9 heavy (non-hydrogen) atoms. The summed E-state index contributed by atoms with van der Waals surface area (Å²) < 4.78 is 48.2. The van der Waals surface area contributed by atoms with Gasteiger partial charge in [0.05, 0.1) is 0 Å². The summed E-state index contributed by atoms with van der Waals surface area (Å²) in [5.74, 6) is 0. The van der Waals surface area contributed by atoms with Crippen LogP contribution in [0.5, 0.6) is 0 Å². The molecule has 0 amide bonds. The van der Waals surface area contributed by atoms with E-state index in [2.05, 4.69) is 0 Å². The Morgan fingerprint density at radius 3 is 1.11 bits per heavy atom. The van der Waals surface area contributed by atoms with Crippen molar-refractivity contribution in [2.24, 2.45) is 0 Å². The summed E-state index contributed by atoms with van der Waals surface area (Å²) in [6, 6.07) is 0. The van der Waals surface area contributed by atoms with Gasteiger partial charge in [0.2, 0.25) is 0 Å². The van der Waals surface area contributed by atoms with E-state index in [-0.39, 0.29) is 6.15 Å². The molecule has 0 aliphatic rings. The van der Waals surface area contributed by atoms with E-state index in [1.807, 2.05) is 0 Å². The average molecular weight is 179 g/mol. The molecule has 0 atom stereocenters. The monoisotopic (exact) mass is 179 g/mol. The van der Waals surface area contributed by atoms with E-state index in [0.717, 1.165) is 0 Å². The third-order valence-corrected chi connectivity index (χ3v) is 0. The van der Waals surface area contributed by atoms with E-state index in [0.29, 0.717) is 0 Å². The van der Waals surface area contributed by atoms with Gasteiger partial charge in [-0.2, -0.15) is 16.8 Å². The summed E-state index contributed by atoms with van der Waals surface area (Å²) in [4.78, 5) is 0. The van der Waals surface area contributed by atoms with Crippen LogP contribution in [0.15, 0.2) is 0 Å². The van der Waals surface area contributed by atoms with Crippen LogP contribution in [0.3, 0.4) is 0 Å². The van der Waals surface area contributed by atoms with Crippen molar-refractivity contribution in [3.8, 4) is 0 Å². The Morgan fingerprint density at radius 2 is 1.11 bits per heavy atom. The van der Waals surface area contributed by atoms with E-state index >= 15 is 0 Å². The number of rotatable bonds is 0. The van der Waals surface area contributed by atoms with Gasteiger partial charge in [0.15, 0.2) is 0 Å². The number of hydrogen-bond acceptors (Lipinski definition) is 5. The van der Waals surface area contributed by atoms with Crippen LogP contribution in [0.4, 0.5) is 0 Å². The lowest BCUT2D eigenvalue weighted by Crippen LogP contribution is -1.89. The molecule has 0 aliphatic heterocycles. The molecule has 0 bridgehead atoms. The van der Waals surface area contributed by atoms with Crippen molar-refractivity contribution in [2.75, 3.05) is 0 Å². The molecule has 0 aromatic rings. The molecule has 5 N–H and O–H groups in total. The van der Waals surface area contributed by atoms with E-state index < -0.39 is 22.0 Å².